The van der Waals surface area contributed by atoms with Crippen LogP contribution in [-0.2, 0) is 6.42 Å². The Balaban J connectivity index is 1.54. The summed E-state index contributed by atoms with van der Waals surface area (Å²) in [6, 6.07) is 20.1. The summed E-state index contributed by atoms with van der Waals surface area (Å²) in [4.78, 5) is 12.5. The molecule has 3 aromatic carbocycles. The van der Waals surface area contributed by atoms with Crippen LogP contribution in [0, 0.1) is 0 Å². The zero-order valence-electron chi connectivity index (χ0n) is 16.0. The Morgan fingerprint density at radius 1 is 0.931 bits per heavy atom. The van der Waals surface area contributed by atoms with E-state index in [9.17, 15) is 4.79 Å². The maximum absolute atomic E-state index is 12.5. The SMILES string of the molecule is COc1ccc(C(=O)Oc2ccc3c(Cc4ccccc4)noc3c2)cc1OC. The Bertz CT molecular complexity index is 1150. The molecule has 0 bridgehead atoms. The summed E-state index contributed by atoms with van der Waals surface area (Å²) >= 11 is 0. The van der Waals surface area contributed by atoms with Gasteiger partial charge in [-0.15, -0.1) is 0 Å². The summed E-state index contributed by atoms with van der Waals surface area (Å²) in [6.07, 6.45) is 0.665. The Labute approximate surface area is 167 Å². The molecule has 0 saturated heterocycles. The number of hydrogen-bond donors (Lipinski definition) is 0. The van der Waals surface area contributed by atoms with E-state index in [4.69, 9.17) is 18.7 Å². The Morgan fingerprint density at radius 2 is 1.72 bits per heavy atom. The molecule has 0 N–H and O–H groups in total. The lowest BCUT2D eigenvalue weighted by atomic mass is 10.1. The van der Waals surface area contributed by atoms with Crippen molar-refractivity contribution in [3.8, 4) is 17.2 Å². The molecular weight excluding hydrogens is 370 g/mol. The molecule has 4 rings (SSSR count). The largest absolute Gasteiger partial charge is 0.493 e. The van der Waals surface area contributed by atoms with Gasteiger partial charge in [0.25, 0.3) is 0 Å². The number of rotatable bonds is 6. The average molecular weight is 389 g/mol. The molecule has 0 aliphatic carbocycles. The third kappa shape index (κ3) is 3.91. The number of carbonyl (C=O) groups is 1. The number of aromatic nitrogens is 1. The van der Waals surface area contributed by atoms with E-state index in [1.165, 1.54) is 14.2 Å². The zero-order valence-corrected chi connectivity index (χ0v) is 16.0. The van der Waals surface area contributed by atoms with Crippen molar-refractivity contribution in [2.75, 3.05) is 14.2 Å². The minimum absolute atomic E-state index is 0.352. The molecule has 0 amide bonds. The van der Waals surface area contributed by atoms with Crippen molar-refractivity contribution in [2.45, 2.75) is 6.42 Å². The van der Waals surface area contributed by atoms with Crippen LogP contribution < -0.4 is 14.2 Å². The highest BCUT2D eigenvalue weighted by molar-refractivity contribution is 5.92. The number of benzene rings is 3. The van der Waals surface area contributed by atoms with Crippen LogP contribution >= 0.6 is 0 Å². The summed E-state index contributed by atoms with van der Waals surface area (Å²) in [7, 11) is 3.05. The highest BCUT2D eigenvalue weighted by Gasteiger charge is 2.15. The standard InChI is InChI=1S/C23H19NO5/c1-26-20-11-8-16(13-22(20)27-2)23(25)28-17-9-10-18-19(24-29-21(18)14-17)12-15-6-4-3-5-7-15/h3-11,13-14H,12H2,1-2H3. The van der Waals surface area contributed by atoms with Crippen LogP contribution in [0.25, 0.3) is 11.0 Å². The third-order valence-electron chi connectivity index (χ3n) is 4.56. The Kier molecular flexibility index (Phi) is 5.16. The van der Waals surface area contributed by atoms with Gasteiger partial charge in [-0.2, -0.15) is 0 Å². The first-order valence-corrected chi connectivity index (χ1v) is 9.04. The molecule has 0 unspecified atom stereocenters. The molecule has 0 aliphatic rings. The first-order chi connectivity index (χ1) is 14.2. The number of fused-ring (bicyclic) bond motifs is 1. The second-order valence-corrected chi connectivity index (χ2v) is 6.41. The Hall–Kier alpha value is -3.80. The van der Waals surface area contributed by atoms with Gasteiger partial charge >= 0.3 is 5.97 Å². The fourth-order valence-electron chi connectivity index (χ4n) is 3.08. The normalized spacial score (nSPS) is 10.7. The van der Waals surface area contributed by atoms with Crippen LogP contribution in [0.2, 0.25) is 0 Å². The number of carbonyl (C=O) groups excluding carboxylic acids is 1. The number of nitrogens with zero attached hydrogens (tertiary/aromatic N) is 1. The monoisotopic (exact) mass is 389 g/mol. The van der Waals surface area contributed by atoms with Crippen molar-refractivity contribution < 1.29 is 23.5 Å². The molecule has 0 radical (unpaired) electrons. The highest BCUT2D eigenvalue weighted by atomic mass is 16.5. The topological polar surface area (TPSA) is 70.8 Å². The molecular formula is C23H19NO5. The van der Waals surface area contributed by atoms with Crippen LogP contribution in [0.5, 0.6) is 17.2 Å². The lowest BCUT2D eigenvalue weighted by Crippen LogP contribution is -2.08. The Morgan fingerprint density at radius 3 is 2.48 bits per heavy atom. The second kappa shape index (κ2) is 8.06. The predicted octanol–water partition coefficient (Wildman–Crippen LogP) is 4.66. The van der Waals surface area contributed by atoms with Gasteiger partial charge in [-0.05, 0) is 35.9 Å². The van der Waals surface area contributed by atoms with Gasteiger partial charge in [0.2, 0.25) is 0 Å². The first-order valence-electron chi connectivity index (χ1n) is 9.04. The quantitative estimate of drug-likeness (QED) is 0.353. The number of ether oxygens (including phenoxy) is 3. The molecule has 29 heavy (non-hydrogen) atoms. The smallest absolute Gasteiger partial charge is 0.343 e. The molecule has 0 spiro atoms. The van der Waals surface area contributed by atoms with Gasteiger partial charge in [-0.1, -0.05) is 35.5 Å². The van der Waals surface area contributed by atoms with E-state index in [0.29, 0.717) is 34.8 Å². The molecule has 0 atom stereocenters. The zero-order chi connectivity index (χ0) is 20.2. The van der Waals surface area contributed by atoms with Crippen LogP contribution in [0.1, 0.15) is 21.6 Å². The van der Waals surface area contributed by atoms with Crippen molar-refractivity contribution in [1.29, 1.82) is 0 Å². The first kappa shape index (κ1) is 18.6. The van der Waals surface area contributed by atoms with Crippen molar-refractivity contribution in [2.24, 2.45) is 0 Å². The van der Waals surface area contributed by atoms with E-state index in [-0.39, 0.29) is 0 Å². The van der Waals surface area contributed by atoms with Gasteiger partial charge in [-0.3, -0.25) is 0 Å². The second-order valence-electron chi connectivity index (χ2n) is 6.41. The third-order valence-corrected chi connectivity index (χ3v) is 4.56. The fourth-order valence-corrected chi connectivity index (χ4v) is 3.08. The number of methoxy groups -OCH3 is 2. The maximum Gasteiger partial charge on any atom is 0.343 e. The molecule has 1 heterocycles. The molecule has 6 heteroatoms. The van der Waals surface area contributed by atoms with Gasteiger partial charge in [0.15, 0.2) is 17.1 Å². The summed E-state index contributed by atoms with van der Waals surface area (Å²) in [5.74, 6) is 0.866. The molecule has 0 aliphatic heterocycles. The summed E-state index contributed by atoms with van der Waals surface area (Å²) in [6.45, 7) is 0. The number of hydrogen-bond acceptors (Lipinski definition) is 6. The van der Waals surface area contributed by atoms with Crippen LogP contribution in [-0.4, -0.2) is 25.3 Å². The van der Waals surface area contributed by atoms with Crippen LogP contribution in [0.4, 0.5) is 0 Å². The minimum Gasteiger partial charge on any atom is -0.493 e. The van der Waals surface area contributed by atoms with Gasteiger partial charge in [0.05, 0.1) is 25.5 Å². The molecule has 146 valence electrons. The molecule has 0 saturated carbocycles. The van der Waals surface area contributed by atoms with E-state index in [2.05, 4.69) is 5.16 Å². The van der Waals surface area contributed by atoms with Crippen LogP contribution in [0.3, 0.4) is 0 Å². The summed E-state index contributed by atoms with van der Waals surface area (Å²) in [5, 5.41) is 5.05. The predicted molar refractivity (Wildman–Crippen MR) is 108 cm³/mol. The average Bonchev–Trinajstić information content (AvgIpc) is 3.15. The molecule has 0 fully saturated rings. The van der Waals surface area contributed by atoms with E-state index in [0.717, 1.165) is 16.6 Å². The van der Waals surface area contributed by atoms with Gasteiger partial charge in [0, 0.05) is 17.9 Å². The minimum atomic E-state index is -0.505. The molecule has 1 aromatic heterocycles. The lowest BCUT2D eigenvalue weighted by molar-refractivity contribution is 0.0734. The van der Waals surface area contributed by atoms with Gasteiger partial charge in [-0.25, -0.2) is 4.79 Å². The maximum atomic E-state index is 12.5. The molecule has 4 aromatic rings. The highest BCUT2D eigenvalue weighted by Crippen LogP contribution is 2.29. The van der Waals surface area contributed by atoms with Gasteiger partial charge in [0.1, 0.15) is 5.75 Å². The summed E-state index contributed by atoms with van der Waals surface area (Å²) in [5.41, 5.74) is 2.90. The molecule has 6 nitrogen and oxygen atoms in total. The lowest BCUT2D eigenvalue weighted by Gasteiger charge is -2.09. The van der Waals surface area contributed by atoms with E-state index >= 15 is 0 Å². The number of esters is 1. The van der Waals surface area contributed by atoms with E-state index < -0.39 is 5.97 Å². The van der Waals surface area contributed by atoms with E-state index in [1.807, 2.05) is 36.4 Å². The van der Waals surface area contributed by atoms with Crippen molar-refractivity contribution >= 4 is 16.9 Å². The van der Waals surface area contributed by atoms with Crippen molar-refractivity contribution in [3.05, 3.63) is 83.6 Å². The van der Waals surface area contributed by atoms with Gasteiger partial charge < -0.3 is 18.7 Å². The van der Waals surface area contributed by atoms with Crippen molar-refractivity contribution in [1.82, 2.24) is 5.16 Å². The van der Waals surface area contributed by atoms with Crippen LogP contribution in [0.15, 0.2) is 71.3 Å². The van der Waals surface area contributed by atoms with Crippen molar-refractivity contribution in [3.63, 3.8) is 0 Å². The summed E-state index contributed by atoms with van der Waals surface area (Å²) < 4.78 is 21.3. The van der Waals surface area contributed by atoms with E-state index in [1.54, 1.807) is 30.3 Å². The fraction of sp³-hybridized carbons (Fsp3) is 0.130.